The van der Waals surface area contributed by atoms with E-state index < -0.39 is 0 Å². The highest BCUT2D eigenvalue weighted by Gasteiger charge is 2.69. The van der Waals surface area contributed by atoms with Crippen LogP contribution >= 0.6 is 0 Å². The number of esters is 1. The molecule has 4 heteroatoms. The molecular weight excluding hydrogens is 484 g/mol. The van der Waals surface area contributed by atoms with Gasteiger partial charge in [0.15, 0.2) is 5.79 Å². The van der Waals surface area contributed by atoms with Crippen molar-refractivity contribution in [1.82, 2.24) is 0 Å². The van der Waals surface area contributed by atoms with E-state index >= 15 is 0 Å². The molecule has 0 N–H and O–H groups in total. The molecule has 2 aliphatic heterocycles. The Labute approximate surface area is 239 Å². The first-order valence-corrected chi connectivity index (χ1v) is 17.2. The number of hydrogen-bond donors (Lipinski definition) is 0. The molecule has 4 aliphatic carbocycles. The van der Waals surface area contributed by atoms with Gasteiger partial charge in [-0.05, 0) is 111 Å². The van der Waals surface area contributed by atoms with Gasteiger partial charge in [-0.2, -0.15) is 0 Å². The van der Waals surface area contributed by atoms with Crippen molar-refractivity contribution in [2.75, 3.05) is 6.61 Å². The van der Waals surface area contributed by atoms with Crippen LogP contribution in [0.25, 0.3) is 0 Å². The molecule has 6 rings (SSSR count). The Kier molecular flexibility index (Phi) is 7.97. The first kappa shape index (κ1) is 28.5. The van der Waals surface area contributed by atoms with E-state index in [2.05, 4.69) is 34.6 Å². The van der Waals surface area contributed by atoms with Crippen molar-refractivity contribution in [2.24, 2.45) is 52.3 Å². The highest BCUT2D eigenvalue weighted by molar-refractivity contribution is 5.69. The second-order valence-corrected chi connectivity index (χ2v) is 15.7. The molecule has 1 spiro atoms. The van der Waals surface area contributed by atoms with Gasteiger partial charge in [0.05, 0.1) is 12.7 Å². The number of unbranched alkanes of at least 4 members (excludes halogenated alkanes) is 4. The van der Waals surface area contributed by atoms with E-state index in [-0.39, 0.29) is 17.9 Å². The summed E-state index contributed by atoms with van der Waals surface area (Å²) < 4.78 is 19.6. The molecule has 39 heavy (non-hydrogen) atoms. The molecule has 4 saturated carbocycles. The van der Waals surface area contributed by atoms with Gasteiger partial charge in [-0.25, -0.2) is 0 Å². The second-order valence-electron chi connectivity index (χ2n) is 15.7. The minimum absolute atomic E-state index is 0.0583. The molecule has 0 aromatic rings. The zero-order valence-corrected chi connectivity index (χ0v) is 25.8. The quantitative estimate of drug-likeness (QED) is 0.238. The van der Waals surface area contributed by atoms with E-state index in [1.807, 2.05) is 0 Å². The zero-order valence-electron chi connectivity index (χ0n) is 25.8. The summed E-state index contributed by atoms with van der Waals surface area (Å²) in [6.07, 6.45) is 19.5. The summed E-state index contributed by atoms with van der Waals surface area (Å²) in [6, 6.07) is 0. The average molecular weight is 543 g/mol. The van der Waals surface area contributed by atoms with Crippen molar-refractivity contribution >= 4 is 5.97 Å². The Hall–Kier alpha value is -0.610. The highest BCUT2D eigenvalue weighted by Crippen LogP contribution is 2.71. The predicted octanol–water partition coefficient (Wildman–Crippen LogP) is 8.71. The van der Waals surface area contributed by atoms with E-state index in [0.29, 0.717) is 41.1 Å². The van der Waals surface area contributed by atoms with Crippen LogP contribution in [-0.2, 0) is 19.0 Å². The molecule has 222 valence electrons. The highest BCUT2D eigenvalue weighted by atomic mass is 16.7. The summed E-state index contributed by atoms with van der Waals surface area (Å²) in [6.45, 7) is 13.2. The fourth-order valence-corrected chi connectivity index (χ4v) is 11.5. The van der Waals surface area contributed by atoms with Crippen LogP contribution in [0, 0.1) is 52.3 Å². The van der Waals surface area contributed by atoms with Gasteiger partial charge in [0, 0.05) is 18.8 Å². The van der Waals surface area contributed by atoms with E-state index in [0.717, 1.165) is 62.4 Å². The smallest absolute Gasteiger partial charge is 0.306 e. The molecule has 4 nitrogen and oxygen atoms in total. The van der Waals surface area contributed by atoms with Gasteiger partial charge < -0.3 is 14.2 Å². The van der Waals surface area contributed by atoms with Crippen molar-refractivity contribution in [3.05, 3.63) is 0 Å². The number of carbonyl (C=O) groups excluding carboxylic acids is 1. The lowest BCUT2D eigenvalue weighted by Crippen LogP contribution is -2.55. The van der Waals surface area contributed by atoms with Gasteiger partial charge in [-0.15, -0.1) is 0 Å². The predicted molar refractivity (Wildman–Crippen MR) is 155 cm³/mol. The van der Waals surface area contributed by atoms with E-state index in [4.69, 9.17) is 14.2 Å². The van der Waals surface area contributed by atoms with Crippen LogP contribution in [-0.4, -0.2) is 30.6 Å². The maximum Gasteiger partial charge on any atom is 0.306 e. The molecule has 0 amide bonds. The Bertz CT molecular complexity index is 878. The third kappa shape index (κ3) is 4.84. The van der Waals surface area contributed by atoms with Crippen LogP contribution in [0.15, 0.2) is 0 Å². The average Bonchev–Trinajstić information content (AvgIpc) is 3.36. The van der Waals surface area contributed by atoms with Crippen LogP contribution in [0.4, 0.5) is 0 Å². The first-order valence-electron chi connectivity index (χ1n) is 17.2. The zero-order chi connectivity index (χ0) is 27.4. The van der Waals surface area contributed by atoms with Gasteiger partial charge in [0.25, 0.3) is 0 Å². The van der Waals surface area contributed by atoms with Crippen molar-refractivity contribution in [3.8, 4) is 0 Å². The van der Waals surface area contributed by atoms with E-state index in [1.54, 1.807) is 0 Å². The lowest BCUT2D eigenvalue weighted by Gasteiger charge is -2.61. The Morgan fingerprint density at radius 3 is 2.44 bits per heavy atom. The number of hydrogen-bond acceptors (Lipinski definition) is 4. The fourth-order valence-electron chi connectivity index (χ4n) is 11.5. The summed E-state index contributed by atoms with van der Waals surface area (Å²) in [5, 5.41) is 0. The van der Waals surface area contributed by atoms with Gasteiger partial charge in [0.2, 0.25) is 0 Å². The number of ether oxygens (including phenoxy) is 3. The van der Waals surface area contributed by atoms with Crippen LogP contribution in [0.5, 0.6) is 0 Å². The molecule has 6 fully saturated rings. The number of fused-ring (bicyclic) bond motifs is 7. The largest absolute Gasteiger partial charge is 0.462 e. The van der Waals surface area contributed by atoms with E-state index in [9.17, 15) is 4.79 Å². The summed E-state index contributed by atoms with van der Waals surface area (Å²) >= 11 is 0. The van der Waals surface area contributed by atoms with Crippen molar-refractivity contribution in [2.45, 2.75) is 155 Å². The number of carbonyl (C=O) groups is 1. The van der Waals surface area contributed by atoms with E-state index in [1.165, 1.54) is 64.2 Å². The lowest BCUT2D eigenvalue weighted by molar-refractivity contribution is -0.273. The summed E-state index contributed by atoms with van der Waals surface area (Å²) in [5.74, 6) is 4.77. The van der Waals surface area contributed by atoms with Crippen LogP contribution in [0.2, 0.25) is 0 Å². The molecular formula is C35H58O4. The standard InChI is InChI=1S/C35H58O4/c1-6-7-8-9-10-11-31(36)38-26-15-17-33(4)25(20-26)12-13-27-28(33)16-18-34(5)29(27)21-30-32(34)24(3)35(39-30)19-14-23(2)22-37-35/h23-30,32H,6-22H2,1-5H3/t23-,24-,25+,26+,27+,28-,29+,30-,32-,33-,34-,35+/m0/s1. The molecule has 12 atom stereocenters. The summed E-state index contributed by atoms with van der Waals surface area (Å²) in [7, 11) is 0. The molecule has 2 saturated heterocycles. The van der Waals surface area contributed by atoms with Crippen molar-refractivity contribution < 1.29 is 19.0 Å². The molecule has 2 heterocycles. The maximum atomic E-state index is 12.6. The SMILES string of the molecule is CCCCCCCC(=O)O[C@@H]1CC[C@@]2(C)[C@H](CC[C@H]3[C@H]4C[C@@H]5O[C@]6(CC[C@H](C)CO6)[C@@H](C)[C@@H]5[C@@]4(C)CC[C@@H]32)C1. The third-order valence-corrected chi connectivity index (χ3v) is 13.7. The van der Waals surface area contributed by atoms with Crippen LogP contribution in [0.3, 0.4) is 0 Å². The maximum absolute atomic E-state index is 12.6. The Morgan fingerprint density at radius 2 is 1.67 bits per heavy atom. The number of rotatable bonds is 7. The topological polar surface area (TPSA) is 44.8 Å². The molecule has 0 aromatic carbocycles. The molecule has 0 bridgehead atoms. The Morgan fingerprint density at radius 1 is 0.872 bits per heavy atom. The fraction of sp³-hybridized carbons (Fsp3) is 0.971. The second kappa shape index (κ2) is 10.9. The molecule has 0 unspecified atom stereocenters. The first-order chi connectivity index (χ1) is 18.7. The van der Waals surface area contributed by atoms with Crippen molar-refractivity contribution in [1.29, 1.82) is 0 Å². The molecule has 0 radical (unpaired) electrons. The third-order valence-electron chi connectivity index (χ3n) is 13.7. The molecule has 6 aliphatic rings. The summed E-state index contributed by atoms with van der Waals surface area (Å²) in [4.78, 5) is 12.6. The van der Waals surface area contributed by atoms with Crippen LogP contribution in [0.1, 0.15) is 137 Å². The van der Waals surface area contributed by atoms with Crippen molar-refractivity contribution in [3.63, 3.8) is 0 Å². The van der Waals surface area contributed by atoms with Gasteiger partial charge in [-0.1, -0.05) is 60.3 Å². The Balaban J connectivity index is 1.07. The molecule has 0 aromatic heterocycles. The lowest BCUT2D eigenvalue weighted by atomic mass is 9.44. The van der Waals surface area contributed by atoms with Gasteiger partial charge in [-0.3, -0.25) is 4.79 Å². The monoisotopic (exact) mass is 542 g/mol. The van der Waals surface area contributed by atoms with Gasteiger partial charge >= 0.3 is 5.97 Å². The summed E-state index contributed by atoms with van der Waals surface area (Å²) in [5.41, 5.74) is 0.815. The minimum Gasteiger partial charge on any atom is -0.462 e. The van der Waals surface area contributed by atoms with Gasteiger partial charge in [0.1, 0.15) is 6.10 Å². The minimum atomic E-state index is -0.304. The van der Waals surface area contributed by atoms with Crippen LogP contribution < -0.4 is 0 Å². The normalized spacial score (nSPS) is 50.6.